The Morgan fingerprint density at radius 2 is 1.93 bits per heavy atom. The molecule has 4 rings (SSSR count). The normalized spacial score (nSPS) is 11.2. The van der Waals surface area contributed by atoms with Crippen molar-refractivity contribution in [3.05, 3.63) is 75.8 Å². The summed E-state index contributed by atoms with van der Waals surface area (Å²) < 4.78 is 3.67. The fourth-order valence-electron chi connectivity index (χ4n) is 3.20. The number of fused-ring (bicyclic) bond motifs is 1. The molecule has 0 unspecified atom stereocenters. The zero-order valence-corrected chi connectivity index (χ0v) is 16.9. The molecule has 0 fully saturated rings. The van der Waals surface area contributed by atoms with Crippen molar-refractivity contribution < 1.29 is 0 Å². The molecule has 1 aromatic carbocycles. The first-order chi connectivity index (χ1) is 13.6. The maximum Gasteiger partial charge on any atom is 0.258 e. The van der Waals surface area contributed by atoms with E-state index in [9.17, 15) is 4.79 Å². The summed E-state index contributed by atoms with van der Waals surface area (Å²) in [4.78, 5) is 17.1. The molecular weight excluding hydrogens is 370 g/mol. The van der Waals surface area contributed by atoms with Crippen LogP contribution in [0.3, 0.4) is 0 Å². The average Bonchev–Trinajstić information content (AvgIpc) is 3.10. The standard InChI is InChI=1S/C21H21N5OS/c1-4-25-20(16-9-5-7-14(2)11-16)23-24-21(25)28-13-17-12-18(27)26-10-6-8-15(3)19(26)22-17/h5-12H,4,13H2,1-3H3. The molecule has 0 amide bonds. The van der Waals surface area contributed by atoms with Gasteiger partial charge in [0.2, 0.25) is 0 Å². The highest BCUT2D eigenvalue weighted by Crippen LogP contribution is 2.26. The van der Waals surface area contributed by atoms with Crippen LogP contribution >= 0.6 is 11.8 Å². The lowest BCUT2D eigenvalue weighted by Crippen LogP contribution is -2.15. The van der Waals surface area contributed by atoms with Crippen LogP contribution in [-0.2, 0) is 12.3 Å². The van der Waals surface area contributed by atoms with Crippen LogP contribution in [0.4, 0.5) is 0 Å². The number of aromatic nitrogens is 5. The lowest BCUT2D eigenvalue weighted by atomic mass is 10.1. The molecule has 7 heteroatoms. The Labute approximate surface area is 167 Å². The van der Waals surface area contributed by atoms with Gasteiger partial charge in [0, 0.05) is 30.1 Å². The molecule has 3 heterocycles. The van der Waals surface area contributed by atoms with E-state index in [1.54, 1.807) is 28.4 Å². The number of pyridine rings is 1. The molecule has 0 radical (unpaired) electrons. The van der Waals surface area contributed by atoms with Gasteiger partial charge in [-0.1, -0.05) is 41.6 Å². The molecule has 0 bridgehead atoms. The van der Waals surface area contributed by atoms with Crippen LogP contribution in [0.15, 0.2) is 58.6 Å². The number of benzene rings is 1. The van der Waals surface area contributed by atoms with Crippen LogP contribution < -0.4 is 5.56 Å². The van der Waals surface area contributed by atoms with Crippen molar-refractivity contribution >= 4 is 17.4 Å². The summed E-state index contributed by atoms with van der Waals surface area (Å²) in [6.45, 7) is 6.88. The van der Waals surface area contributed by atoms with Gasteiger partial charge in [0.25, 0.3) is 5.56 Å². The first kappa shape index (κ1) is 18.4. The lowest BCUT2D eigenvalue weighted by molar-refractivity contribution is 0.687. The van der Waals surface area contributed by atoms with Crippen LogP contribution in [0.5, 0.6) is 0 Å². The number of rotatable bonds is 5. The highest BCUT2D eigenvalue weighted by Gasteiger charge is 2.14. The topological polar surface area (TPSA) is 65.1 Å². The van der Waals surface area contributed by atoms with Crippen LogP contribution in [0, 0.1) is 13.8 Å². The number of thioether (sulfide) groups is 1. The van der Waals surface area contributed by atoms with Crippen molar-refractivity contribution in [1.82, 2.24) is 24.1 Å². The molecule has 0 spiro atoms. The fourth-order valence-corrected chi connectivity index (χ4v) is 4.09. The molecule has 0 saturated carbocycles. The Morgan fingerprint density at radius 1 is 1.07 bits per heavy atom. The zero-order valence-electron chi connectivity index (χ0n) is 16.1. The second-order valence-electron chi connectivity index (χ2n) is 6.68. The lowest BCUT2D eigenvalue weighted by Gasteiger charge is -2.08. The van der Waals surface area contributed by atoms with Gasteiger partial charge >= 0.3 is 0 Å². The second-order valence-corrected chi connectivity index (χ2v) is 7.62. The van der Waals surface area contributed by atoms with Crippen molar-refractivity contribution in [3.8, 4) is 11.4 Å². The van der Waals surface area contributed by atoms with Gasteiger partial charge in [-0.15, -0.1) is 10.2 Å². The summed E-state index contributed by atoms with van der Waals surface area (Å²) in [7, 11) is 0. The summed E-state index contributed by atoms with van der Waals surface area (Å²) in [6, 6.07) is 13.7. The zero-order chi connectivity index (χ0) is 19.7. The SMILES string of the molecule is CCn1c(SCc2cc(=O)n3cccc(C)c3n2)nnc1-c1cccc(C)c1. The predicted octanol–water partition coefficient (Wildman–Crippen LogP) is 3.88. The van der Waals surface area contributed by atoms with Gasteiger partial charge in [-0.25, -0.2) is 4.98 Å². The van der Waals surface area contributed by atoms with Crippen LogP contribution in [0.25, 0.3) is 17.0 Å². The third-order valence-electron chi connectivity index (χ3n) is 4.60. The smallest absolute Gasteiger partial charge is 0.258 e. The number of hydrogen-bond donors (Lipinski definition) is 0. The van der Waals surface area contributed by atoms with E-state index >= 15 is 0 Å². The largest absolute Gasteiger partial charge is 0.302 e. The van der Waals surface area contributed by atoms with Crippen LogP contribution in [-0.4, -0.2) is 24.1 Å². The monoisotopic (exact) mass is 391 g/mol. The van der Waals surface area contributed by atoms with Crippen molar-refractivity contribution in [2.45, 2.75) is 38.2 Å². The molecule has 28 heavy (non-hydrogen) atoms. The number of aryl methyl sites for hydroxylation is 2. The average molecular weight is 392 g/mol. The van der Waals surface area contributed by atoms with Gasteiger partial charge in [0.15, 0.2) is 11.0 Å². The van der Waals surface area contributed by atoms with E-state index < -0.39 is 0 Å². The molecule has 0 N–H and O–H groups in total. The summed E-state index contributed by atoms with van der Waals surface area (Å²) >= 11 is 1.55. The molecule has 4 aromatic rings. The minimum Gasteiger partial charge on any atom is -0.302 e. The third-order valence-corrected chi connectivity index (χ3v) is 5.60. The third kappa shape index (κ3) is 3.45. The van der Waals surface area contributed by atoms with E-state index in [2.05, 4.69) is 45.7 Å². The minimum atomic E-state index is -0.0679. The number of hydrogen-bond acceptors (Lipinski definition) is 5. The van der Waals surface area contributed by atoms with Crippen molar-refractivity contribution in [1.29, 1.82) is 0 Å². The van der Waals surface area contributed by atoms with Gasteiger partial charge in [-0.05, 0) is 38.5 Å². The van der Waals surface area contributed by atoms with E-state index in [-0.39, 0.29) is 5.56 Å². The van der Waals surface area contributed by atoms with Crippen molar-refractivity contribution in [2.24, 2.45) is 0 Å². The second kappa shape index (κ2) is 7.59. The summed E-state index contributed by atoms with van der Waals surface area (Å²) in [5, 5.41) is 9.60. The maximum absolute atomic E-state index is 12.4. The first-order valence-corrected chi connectivity index (χ1v) is 10.2. The van der Waals surface area contributed by atoms with Crippen LogP contribution in [0.1, 0.15) is 23.7 Å². The van der Waals surface area contributed by atoms with E-state index in [0.29, 0.717) is 11.4 Å². The predicted molar refractivity (Wildman–Crippen MR) is 112 cm³/mol. The van der Waals surface area contributed by atoms with Gasteiger partial charge in [-0.2, -0.15) is 0 Å². The fraction of sp³-hybridized carbons (Fsp3) is 0.238. The highest BCUT2D eigenvalue weighted by molar-refractivity contribution is 7.98. The van der Waals surface area contributed by atoms with Gasteiger partial charge in [-0.3, -0.25) is 9.20 Å². The van der Waals surface area contributed by atoms with E-state index in [1.807, 2.05) is 31.2 Å². The summed E-state index contributed by atoms with van der Waals surface area (Å²) in [5.41, 5.74) is 4.59. The van der Waals surface area contributed by atoms with Crippen LogP contribution in [0.2, 0.25) is 0 Å². The van der Waals surface area contributed by atoms with Gasteiger partial charge in [0.1, 0.15) is 5.65 Å². The Balaban J connectivity index is 1.63. The number of nitrogens with zero attached hydrogens (tertiary/aromatic N) is 5. The Morgan fingerprint density at radius 3 is 2.71 bits per heavy atom. The molecule has 3 aromatic heterocycles. The Bertz CT molecular complexity index is 1210. The molecule has 0 atom stereocenters. The molecular formula is C21H21N5OS. The minimum absolute atomic E-state index is 0.0679. The van der Waals surface area contributed by atoms with Crippen molar-refractivity contribution in [2.75, 3.05) is 0 Å². The van der Waals surface area contributed by atoms with E-state index in [1.165, 1.54) is 5.56 Å². The maximum atomic E-state index is 12.4. The molecule has 0 aliphatic carbocycles. The molecule has 6 nitrogen and oxygen atoms in total. The summed E-state index contributed by atoms with van der Waals surface area (Å²) in [5.74, 6) is 1.42. The Kier molecular flexibility index (Phi) is 5.00. The highest BCUT2D eigenvalue weighted by atomic mass is 32.2. The van der Waals surface area contributed by atoms with Gasteiger partial charge in [0.05, 0.1) is 5.69 Å². The first-order valence-electron chi connectivity index (χ1n) is 9.17. The molecule has 142 valence electrons. The Hall–Kier alpha value is -2.93. The summed E-state index contributed by atoms with van der Waals surface area (Å²) in [6.07, 6.45) is 1.75. The van der Waals surface area contributed by atoms with Gasteiger partial charge < -0.3 is 4.57 Å². The quantitative estimate of drug-likeness (QED) is 0.483. The van der Waals surface area contributed by atoms with E-state index in [0.717, 1.165) is 34.3 Å². The molecule has 0 aliphatic rings. The molecule has 0 aliphatic heterocycles. The molecule has 0 saturated heterocycles. The van der Waals surface area contributed by atoms with E-state index in [4.69, 9.17) is 0 Å². The van der Waals surface area contributed by atoms with Crippen molar-refractivity contribution in [3.63, 3.8) is 0 Å².